The van der Waals surface area contributed by atoms with E-state index in [0.717, 1.165) is 12.1 Å². The van der Waals surface area contributed by atoms with Crippen LogP contribution < -0.4 is 9.64 Å². The maximum Gasteiger partial charge on any atom is 0.416 e. The van der Waals surface area contributed by atoms with Crippen LogP contribution in [0.25, 0.3) is 0 Å². The highest BCUT2D eigenvalue weighted by Gasteiger charge is 2.30. The van der Waals surface area contributed by atoms with E-state index < -0.39 is 18.7 Å². The van der Waals surface area contributed by atoms with Crippen LogP contribution in [0.3, 0.4) is 0 Å². The van der Waals surface area contributed by atoms with Crippen molar-refractivity contribution in [2.75, 3.05) is 18.9 Å². The van der Waals surface area contributed by atoms with Crippen LogP contribution in [-0.4, -0.2) is 23.9 Å². The molecule has 0 aliphatic carbocycles. The molecule has 2 aromatic carbocycles. The summed E-state index contributed by atoms with van der Waals surface area (Å²) in [5, 5.41) is 0. The zero-order valence-corrected chi connectivity index (χ0v) is 15.9. The van der Waals surface area contributed by atoms with Gasteiger partial charge in [-0.15, -0.1) is 0 Å². The maximum absolute atomic E-state index is 13.4. The monoisotopic (exact) mass is 429 g/mol. The molecule has 1 heterocycles. The topological polar surface area (TPSA) is 38.2 Å². The van der Waals surface area contributed by atoms with Crippen molar-refractivity contribution in [2.24, 2.45) is 0 Å². The van der Waals surface area contributed by atoms with Gasteiger partial charge in [0.05, 0.1) is 5.56 Å². The van der Waals surface area contributed by atoms with Crippen molar-refractivity contribution < 1.29 is 31.1 Å². The van der Waals surface area contributed by atoms with Crippen LogP contribution in [0.4, 0.5) is 37.8 Å². The first-order valence-corrected chi connectivity index (χ1v) is 8.44. The molecule has 0 saturated heterocycles. The van der Waals surface area contributed by atoms with Gasteiger partial charge in [0.1, 0.15) is 23.7 Å². The number of aromatic nitrogens is 2. The SMILES string of the molecule is Cc1cc(N(C)c2cc(Oc3cccc(C(F)(F)F)c3)ncn2)ccc1F.FCF. The van der Waals surface area contributed by atoms with Crippen LogP contribution in [0.15, 0.2) is 54.9 Å². The van der Waals surface area contributed by atoms with Gasteiger partial charge in [0, 0.05) is 18.8 Å². The minimum absolute atomic E-state index is 0.00903. The summed E-state index contributed by atoms with van der Waals surface area (Å²) in [5.74, 6) is 0.223. The van der Waals surface area contributed by atoms with Crippen LogP contribution in [-0.2, 0) is 6.18 Å². The third-order valence-corrected chi connectivity index (χ3v) is 3.88. The van der Waals surface area contributed by atoms with Crippen molar-refractivity contribution in [1.29, 1.82) is 0 Å². The molecule has 1 aromatic heterocycles. The Morgan fingerprint density at radius 1 is 1.00 bits per heavy atom. The fourth-order valence-electron chi connectivity index (χ4n) is 2.40. The van der Waals surface area contributed by atoms with E-state index in [1.54, 1.807) is 31.0 Å². The molecule has 3 aromatic rings. The molecule has 3 rings (SSSR count). The lowest BCUT2D eigenvalue weighted by molar-refractivity contribution is -0.137. The predicted molar refractivity (Wildman–Crippen MR) is 99.8 cm³/mol. The highest BCUT2D eigenvalue weighted by atomic mass is 19.4. The Hall–Kier alpha value is -3.30. The van der Waals surface area contributed by atoms with Gasteiger partial charge in [-0.3, -0.25) is 0 Å². The number of nitrogens with zero attached hydrogens (tertiary/aromatic N) is 3. The van der Waals surface area contributed by atoms with Gasteiger partial charge in [0.15, 0.2) is 0 Å². The fourth-order valence-corrected chi connectivity index (χ4v) is 2.40. The second kappa shape index (κ2) is 9.95. The minimum atomic E-state index is -4.46. The lowest BCUT2D eigenvalue weighted by Gasteiger charge is -2.19. The maximum atomic E-state index is 13.4. The minimum Gasteiger partial charge on any atom is -0.439 e. The summed E-state index contributed by atoms with van der Waals surface area (Å²) in [4.78, 5) is 9.75. The number of hydrogen-bond acceptors (Lipinski definition) is 4. The van der Waals surface area contributed by atoms with E-state index in [1.807, 2.05) is 0 Å². The molecule has 10 heteroatoms. The first-order chi connectivity index (χ1) is 14.2. The Morgan fingerprint density at radius 2 is 1.70 bits per heavy atom. The molecule has 0 aliphatic rings. The lowest BCUT2D eigenvalue weighted by atomic mass is 10.2. The fraction of sp³-hybridized carbons (Fsp3) is 0.200. The summed E-state index contributed by atoms with van der Waals surface area (Å²) in [6.45, 7) is -0.102. The summed E-state index contributed by atoms with van der Waals surface area (Å²) < 4.78 is 76.6. The van der Waals surface area contributed by atoms with Crippen LogP contribution in [0, 0.1) is 12.7 Å². The van der Waals surface area contributed by atoms with Gasteiger partial charge >= 0.3 is 6.18 Å². The van der Waals surface area contributed by atoms with E-state index in [4.69, 9.17) is 4.74 Å². The Labute approximate surface area is 168 Å². The first-order valence-electron chi connectivity index (χ1n) is 8.44. The Bertz CT molecular complexity index is 981. The van der Waals surface area contributed by atoms with E-state index in [-0.39, 0.29) is 17.4 Å². The molecule has 0 radical (unpaired) electrons. The normalized spacial score (nSPS) is 10.8. The van der Waals surface area contributed by atoms with Crippen molar-refractivity contribution in [2.45, 2.75) is 13.1 Å². The lowest BCUT2D eigenvalue weighted by Crippen LogP contribution is -2.12. The molecule has 0 amide bonds. The van der Waals surface area contributed by atoms with E-state index in [0.29, 0.717) is 17.1 Å². The van der Waals surface area contributed by atoms with Gasteiger partial charge in [-0.2, -0.15) is 13.2 Å². The van der Waals surface area contributed by atoms with Crippen molar-refractivity contribution in [3.05, 3.63) is 71.8 Å². The van der Waals surface area contributed by atoms with Gasteiger partial charge in [-0.25, -0.2) is 23.1 Å². The number of hydrogen-bond donors (Lipinski definition) is 0. The molecule has 0 bridgehead atoms. The van der Waals surface area contributed by atoms with Crippen molar-refractivity contribution >= 4 is 11.5 Å². The third-order valence-electron chi connectivity index (χ3n) is 3.88. The summed E-state index contributed by atoms with van der Waals surface area (Å²) in [6, 6.07) is 10.6. The molecule has 0 saturated carbocycles. The standard InChI is InChI=1S/C19H15F4N3O.CH2F2/c1-12-8-14(6-7-16(12)20)26(2)17-10-18(25-11-24-17)27-15-5-3-4-13(9-15)19(21,22)23;2-1-3/h3-11H,1-2H3;1H2. The van der Waals surface area contributed by atoms with Gasteiger partial charge < -0.3 is 9.64 Å². The number of ether oxygens (including phenoxy) is 1. The van der Waals surface area contributed by atoms with Gasteiger partial charge in [0.2, 0.25) is 12.8 Å². The second-order valence-corrected chi connectivity index (χ2v) is 5.94. The molecule has 4 nitrogen and oxygen atoms in total. The van der Waals surface area contributed by atoms with Crippen LogP contribution in [0.2, 0.25) is 0 Å². The quantitative estimate of drug-likeness (QED) is 0.451. The summed E-state index contributed by atoms with van der Waals surface area (Å²) in [6.07, 6.45) is -3.22. The molecule has 0 aliphatic heterocycles. The molecule has 0 atom stereocenters. The summed E-state index contributed by atoms with van der Waals surface area (Å²) >= 11 is 0. The molecule has 0 unspecified atom stereocenters. The average Bonchev–Trinajstić information content (AvgIpc) is 2.70. The van der Waals surface area contributed by atoms with Crippen molar-refractivity contribution in [1.82, 2.24) is 9.97 Å². The number of benzene rings is 2. The van der Waals surface area contributed by atoms with Gasteiger partial charge in [-0.1, -0.05) is 6.07 Å². The highest BCUT2D eigenvalue weighted by Crippen LogP contribution is 2.33. The van der Waals surface area contributed by atoms with Crippen molar-refractivity contribution in [3.63, 3.8) is 0 Å². The number of rotatable bonds is 4. The van der Waals surface area contributed by atoms with Gasteiger partial charge in [0.25, 0.3) is 0 Å². The molecule has 0 N–H and O–H groups in total. The molecule has 160 valence electrons. The Kier molecular flexibility index (Phi) is 7.62. The van der Waals surface area contributed by atoms with Crippen LogP contribution in [0.5, 0.6) is 11.6 Å². The second-order valence-electron chi connectivity index (χ2n) is 5.94. The Morgan fingerprint density at radius 3 is 2.33 bits per heavy atom. The van der Waals surface area contributed by atoms with E-state index in [1.165, 1.54) is 30.6 Å². The number of halogens is 6. The first kappa shape index (κ1) is 23.0. The highest BCUT2D eigenvalue weighted by molar-refractivity contribution is 5.60. The molecule has 0 fully saturated rings. The summed E-state index contributed by atoms with van der Waals surface area (Å²) in [5.41, 5.74) is 0.361. The van der Waals surface area contributed by atoms with E-state index in [2.05, 4.69) is 9.97 Å². The van der Waals surface area contributed by atoms with Crippen LogP contribution >= 0.6 is 0 Å². The molecular weight excluding hydrogens is 412 g/mol. The van der Waals surface area contributed by atoms with E-state index >= 15 is 0 Å². The number of alkyl halides is 5. The molecule has 0 spiro atoms. The predicted octanol–water partition coefficient (Wildman–Crippen LogP) is 6.39. The third kappa shape index (κ3) is 6.10. The molecular formula is C20H17F6N3O. The average molecular weight is 429 g/mol. The van der Waals surface area contributed by atoms with E-state index in [9.17, 15) is 26.3 Å². The smallest absolute Gasteiger partial charge is 0.416 e. The molecule has 30 heavy (non-hydrogen) atoms. The Balaban J connectivity index is 0.00000101. The largest absolute Gasteiger partial charge is 0.439 e. The van der Waals surface area contributed by atoms with Crippen LogP contribution in [0.1, 0.15) is 11.1 Å². The zero-order chi connectivity index (χ0) is 22.3. The zero-order valence-electron chi connectivity index (χ0n) is 15.9. The number of aryl methyl sites for hydroxylation is 1. The van der Waals surface area contributed by atoms with Crippen molar-refractivity contribution in [3.8, 4) is 11.6 Å². The van der Waals surface area contributed by atoms with Gasteiger partial charge in [-0.05, 0) is 48.9 Å². The summed E-state index contributed by atoms with van der Waals surface area (Å²) in [7, 11) is 1.73. The number of anilines is 2.